The summed E-state index contributed by atoms with van der Waals surface area (Å²) < 4.78 is 5.58. The number of nitrogens with zero attached hydrogens (tertiary/aromatic N) is 4. The average Bonchev–Trinajstić information content (AvgIpc) is 3.68. The minimum Gasteiger partial charge on any atom is -0.354 e. The number of carbonyl (C=O) groups excluding carboxylic acids is 2. The molecule has 4 heterocycles. The molecule has 0 unspecified atom stereocenters. The summed E-state index contributed by atoms with van der Waals surface area (Å²) in [5, 5.41) is 8.63. The van der Waals surface area contributed by atoms with E-state index in [-0.39, 0.29) is 17.7 Å². The van der Waals surface area contributed by atoms with E-state index in [1.165, 1.54) is 22.7 Å². The first-order valence-electron chi connectivity index (χ1n) is 12.2. The molecule has 0 radical (unpaired) electrons. The second-order valence-electron chi connectivity index (χ2n) is 8.90. The van der Waals surface area contributed by atoms with E-state index < -0.39 is 0 Å². The fourth-order valence-corrected chi connectivity index (χ4v) is 6.12. The Bertz CT molecular complexity index is 1300. The van der Waals surface area contributed by atoms with Crippen LogP contribution in [0.3, 0.4) is 0 Å². The number of hydrogen-bond donors (Lipinski definition) is 0. The Morgan fingerprint density at radius 3 is 2.75 bits per heavy atom. The molecule has 1 fully saturated rings. The molecule has 5 rings (SSSR count). The number of carbonyl (C=O) groups is 2. The smallest absolute Gasteiger partial charge is 0.270 e. The number of hydrogen-bond acceptors (Lipinski definition) is 8. The highest BCUT2D eigenvalue weighted by molar-refractivity contribution is 7.14. The molecule has 9 heteroatoms. The van der Waals surface area contributed by atoms with Gasteiger partial charge >= 0.3 is 0 Å². The fourth-order valence-electron chi connectivity index (χ4n) is 4.61. The van der Waals surface area contributed by atoms with Crippen LogP contribution in [-0.2, 0) is 4.79 Å². The number of amides is 1. The normalized spacial score (nSPS) is 16.2. The SMILES string of the molecule is CC(=O)[C@@H]1CCCCN1CCCN(C(=O)c1cccs1)c1nc(-c2cc(-c3ccccc3)no2)cs1. The van der Waals surface area contributed by atoms with Crippen molar-refractivity contribution in [2.75, 3.05) is 24.5 Å². The van der Waals surface area contributed by atoms with Gasteiger partial charge in [0.1, 0.15) is 17.2 Å². The minimum absolute atomic E-state index is 0.00285. The molecule has 0 saturated carbocycles. The van der Waals surface area contributed by atoms with Crippen molar-refractivity contribution in [3.63, 3.8) is 0 Å². The van der Waals surface area contributed by atoms with Crippen molar-refractivity contribution in [1.29, 1.82) is 0 Å². The monoisotopic (exact) mass is 520 g/mol. The third-order valence-corrected chi connectivity index (χ3v) is 8.16. The maximum Gasteiger partial charge on any atom is 0.270 e. The fraction of sp³-hybridized carbons (Fsp3) is 0.333. The van der Waals surface area contributed by atoms with Crippen LogP contribution in [0, 0.1) is 0 Å². The van der Waals surface area contributed by atoms with E-state index in [2.05, 4.69) is 10.1 Å². The minimum atomic E-state index is -0.0600. The molecule has 36 heavy (non-hydrogen) atoms. The lowest BCUT2D eigenvalue weighted by Crippen LogP contribution is -2.45. The molecule has 0 bridgehead atoms. The number of benzene rings is 1. The Morgan fingerprint density at radius 1 is 1.11 bits per heavy atom. The van der Waals surface area contributed by atoms with E-state index in [0.717, 1.165) is 50.0 Å². The molecule has 3 aromatic heterocycles. The standard InChI is InChI=1S/C27H28N4O3S2/c1-19(32)23-11-5-6-13-30(23)14-8-15-31(26(33)25-12-7-16-35-25)27-28-22(18-36-27)24-17-21(29-34-24)20-9-3-2-4-10-20/h2-4,7,9-10,12,16-18,23H,5-6,8,11,13-15H2,1H3/t23-/m0/s1. The van der Waals surface area contributed by atoms with E-state index in [9.17, 15) is 9.59 Å². The predicted molar refractivity (Wildman–Crippen MR) is 144 cm³/mol. The Morgan fingerprint density at radius 2 is 1.97 bits per heavy atom. The predicted octanol–water partition coefficient (Wildman–Crippen LogP) is 6.01. The van der Waals surface area contributed by atoms with Crippen LogP contribution in [0.1, 0.15) is 42.3 Å². The Balaban J connectivity index is 1.33. The average molecular weight is 521 g/mol. The first-order chi connectivity index (χ1) is 17.6. The zero-order valence-electron chi connectivity index (χ0n) is 20.1. The van der Waals surface area contributed by atoms with Gasteiger partial charge in [-0.2, -0.15) is 0 Å². The van der Waals surface area contributed by atoms with Crippen molar-refractivity contribution in [3.05, 3.63) is 64.2 Å². The van der Waals surface area contributed by atoms with Crippen molar-refractivity contribution >= 4 is 39.5 Å². The lowest BCUT2D eigenvalue weighted by molar-refractivity contribution is -0.123. The van der Waals surface area contributed by atoms with Crippen LogP contribution < -0.4 is 4.90 Å². The van der Waals surface area contributed by atoms with Gasteiger partial charge in [0, 0.05) is 30.1 Å². The highest BCUT2D eigenvalue weighted by atomic mass is 32.1. The number of piperidine rings is 1. The van der Waals surface area contributed by atoms with E-state index >= 15 is 0 Å². The lowest BCUT2D eigenvalue weighted by atomic mass is 9.99. The molecular weight excluding hydrogens is 492 g/mol. The second kappa shape index (κ2) is 11.3. The van der Waals surface area contributed by atoms with Crippen LogP contribution >= 0.6 is 22.7 Å². The molecule has 1 amide bonds. The van der Waals surface area contributed by atoms with Gasteiger partial charge in [-0.3, -0.25) is 19.4 Å². The van der Waals surface area contributed by atoms with Gasteiger partial charge in [-0.25, -0.2) is 4.98 Å². The summed E-state index contributed by atoms with van der Waals surface area (Å²) in [7, 11) is 0. The van der Waals surface area contributed by atoms with E-state index in [0.29, 0.717) is 28.0 Å². The van der Waals surface area contributed by atoms with Crippen LogP contribution in [0.15, 0.2) is 63.8 Å². The summed E-state index contributed by atoms with van der Waals surface area (Å²) >= 11 is 2.84. The molecule has 0 N–H and O–H groups in total. The number of Topliss-reactive ketones (excluding diaryl/α,β-unsaturated/α-hetero) is 1. The summed E-state index contributed by atoms with van der Waals surface area (Å²) in [6, 6.07) is 15.4. The first-order valence-corrected chi connectivity index (χ1v) is 13.9. The first kappa shape index (κ1) is 24.5. The number of ketones is 1. The molecule has 1 aromatic carbocycles. The molecule has 4 aromatic rings. The van der Waals surface area contributed by atoms with Crippen LogP contribution in [0.5, 0.6) is 0 Å². The van der Waals surface area contributed by atoms with E-state index in [4.69, 9.17) is 9.51 Å². The summed E-state index contributed by atoms with van der Waals surface area (Å²) in [6.45, 7) is 3.91. The van der Waals surface area contributed by atoms with Crippen LogP contribution in [0.2, 0.25) is 0 Å². The molecule has 0 spiro atoms. The summed E-state index contributed by atoms with van der Waals surface area (Å²) in [5.74, 6) is 0.736. The van der Waals surface area contributed by atoms with E-state index in [1.807, 2.05) is 59.3 Å². The van der Waals surface area contributed by atoms with Crippen LogP contribution in [0.25, 0.3) is 22.7 Å². The number of thiophene rings is 1. The van der Waals surface area contributed by atoms with Gasteiger partial charge in [0.15, 0.2) is 10.9 Å². The number of likely N-dealkylation sites (tertiary alicyclic amines) is 1. The van der Waals surface area contributed by atoms with Gasteiger partial charge < -0.3 is 4.52 Å². The molecular formula is C27H28N4O3S2. The quantitative estimate of drug-likeness (QED) is 0.269. The van der Waals surface area contributed by atoms with Crippen molar-refractivity contribution in [2.45, 2.75) is 38.6 Å². The molecule has 1 atom stereocenters. The summed E-state index contributed by atoms with van der Waals surface area (Å²) in [6.07, 6.45) is 3.89. The van der Waals surface area contributed by atoms with Crippen LogP contribution in [0.4, 0.5) is 5.13 Å². The van der Waals surface area contributed by atoms with Crippen molar-refractivity contribution in [2.24, 2.45) is 0 Å². The second-order valence-corrected chi connectivity index (χ2v) is 10.7. The van der Waals surface area contributed by atoms with Gasteiger partial charge in [0.25, 0.3) is 5.91 Å². The van der Waals surface area contributed by atoms with Crippen molar-refractivity contribution < 1.29 is 14.1 Å². The largest absolute Gasteiger partial charge is 0.354 e. The Kier molecular flexibility index (Phi) is 7.69. The molecule has 0 aliphatic carbocycles. The number of thiazole rings is 1. The molecule has 7 nitrogen and oxygen atoms in total. The van der Waals surface area contributed by atoms with Gasteiger partial charge in [-0.1, -0.05) is 48.0 Å². The topological polar surface area (TPSA) is 79.5 Å². The third-order valence-electron chi connectivity index (χ3n) is 6.44. The zero-order valence-corrected chi connectivity index (χ0v) is 21.8. The van der Waals surface area contributed by atoms with Gasteiger partial charge in [0.05, 0.1) is 10.9 Å². The van der Waals surface area contributed by atoms with Gasteiger partial charge in [-0.05, 0) is 44.2 Å². The van der Waals surface area contributed by atoms with Gasteiger partial charge in [-0.15, -0.1) is 22.7 Å². The number of aromatic nitrogens is 2. The molecule has 186 valence electrons. The third kappa shape index (κ3) is 5.48. The summed E-state index contributed by atoms with van der Waals surface area (Å²) in [5.41, 5.74) is 2.37. The number of rotatable bonds is 9. The Labute approximate surface area is 218 Å². The maximum absolute atomic E-state index is 13.4. The zero-order chi connectivity index (χ0) is 24.9. The van der Waals surface area contributed by atoms with E-state index in [1.54, 1.807) is 11.8 Å². The van der Waals surface area contributed by atoms with Gasteiger partial charge in [0.2, 0.25) is 0 Å². The highest BCUT2D eigenvalue weighted by Gasteiger charge is 2.27. The molecule has 1 aliphatic rings. The molecule has 1 aliphatic heterocycles. The van der Waals surface area contributed by atoms with Crippen molar-refractivity contribution in [3.8, 4) is 22.7 Å². The Hall–Kier alpha value is -3.14. The lowest BCUT2D eigenvalue weighted by Gasteiger charge is -2.34. The maximum atomic E-state index is 13.4. The van der Waals surface area contributed by atoms with Crippen molar-refractivity contribution in [1.82, 2.24) is 15.0 Å². The summed E-state index contributed by atoms with van der Waals surface area (Å²) in [4.78, 5) is 34.9. The number of anilines is 1. The molecule has 1 saturated heterocycles. The highest BCUT2D eigenvalue weighted by Crippen LogP contribution is 2.31. The van der Waals surface area contributed by atoms with Crippen LogP contribution in [-0.4, -0.2) is 52.4 Å².